The summed E-state index contributed by atoms with van der Waals surface area (Å²) < 4.78 is 0. The first-order valence-electron chi connectivity index (χ1n) is 5.69. The van der Waals surface area contributed by atoms with Crippen molar-refractivity contribution in [2.24, 2.45) is 0 Å². The van der Waals surface area contributed by atoms with E-state index in [1.807, 2.05) is 0 Å². The average Bonchev–Trinajstić information content (AvgIpc) is 3.47. The maximum atomic E-state index is 4.93. The van der Waals surface area contributed by atoms with Gasteiger partial charge >= 0.3 is 36.7 Å². The van der Waals surface area contributed by atoms with Gasteiger partial charge in [0, 0.05) is 34.1 Å². The third kappa shape index (κ3) is 28.9. The normalized spacial score (nSPS) is 7.12. The Kier molecular flexibility index (Phi) is 33.9. The molecule has 0 aliphatic carbocycles. The van der Waals surface area contributed by atoms with Gasteiger partial charge in [-0.15, -0.1) is 0 Å². The Morgan fingerprint density at radius 1 is 0.400 bits per heavy atom. The molecule has 0 N–H and O–H groups in total. The molecule has 0 aliphatic heterocycles. The molecule has 0 amide bonds. The molecule has 0 spiro atoms. The molecular formula is C20H4Cl2Fe2Sn-20. The molecule has 0 saturated carbocycles. The van der Waals surface area contributed by atoms with E-state index in [4.69, 9.17) is 17.8 Å². The third-order valence-electron chi connectivity index (χ3n) is 1.40. The Morgan fingerprint density at radius 2 is 0.520 bits per heavy atom. The van der Waals surface area contributed by atoms with E-state index in [9.17, 15) is 0 Å². The van der Waals surface area contributed by atoms with Crippen molar-refractivity contribution < 1.29 is 34.1 Å². The zero-order valence-corrected chi connectivity index (χ0v) is 18.8. The van der Waals surface area contributed by atoms with Crippen molar-refractivity contribution in [2.45, 2.75) is 0 Å². The summed E-state index contributed by atoms with van der Waals surface area (Å²) in [7, 11) is 9.87. The molecule has 0 unspecified atom stereocenters. The molecule has 0 fully saturated rings. The molecule has 0 bridgehead atoms. The molecule has 4 rings (SSSR count). The standard InChI is InChI=1S/4C5H.2ClH.2Fe.Sn/c4*1-2-4-5-3-1;;;;;/h4*1H;2*1H;;;/q4*-5;;;;;+2/p-2. The van der Waals surface area contributed by atoms with Gasteiger partial charge in [-0.25, -0.2) is 0 Å². The molecule has 5 heteroatoms. The Labute approximate surface area is 190 Å². The number of rotatable bonds is 0. The van der Waals surface area contributed by atoms with Crippen LogP contribution in [0.3, 0.4) is 0 Å². The molecule has 0 nitrogen and oxygen atoms in total. The Balaban J connectivity index is -0.000000240. The molecule has 0 heterocycles. The minimum absolute atomic E-state index is 0. The summed E-state index contributed by atoms with van der Waals surface area (Å²) in [5.74, 6) is 0. The van der Waals surface area contributed by atoms with Crippen LogP contribution in [0.25, 0.3) is 0 Å². The van der Waals surface area contributed by atoms with Gasteiger partial charge < -0.3 is 121 Å². The number of hydrogen-bond acceptors (Lipinski definition) is 0. The summed E-state index contributed by atoms with van der Waals surface area (Å²) in [6, 6.07) is 48.0. The minimum atomic E-state index is -0.826. The summed E-state index contributed by atoms with van der Waals surface area (Å²) in [6.07, 6.45) is 0. The third-order valence-corrected chi connectivity index (χ3v) is 1.40. The predicted molar refractivity (Wildman–Crippen MR) is 87.0 cm³/mol. The van der Waals surface area contributed by atoms with Crippen molar-refractivity contribution in [1.29, 1.82) is 0 Å². The molecule has 138 valence electrons. The molecular weight excluding hydrogens is 542 g/mol. The summed E-state index contributed by atoms with van der Waals surface area (Å²) in [5, 5.41) is 0. The Hall–Kier alpha value is -0.182. The van der Waals surface area contributed by atoms with Crippen molar-refractivity contribution in [1.82, 2.24) is 0 Å². The second kappa shape index (κ2) is 28.6. The second-order valence-corrected chi connectivity index (χ2v) is 7.04. The van der Waals surface area contributed by atoms with E-state index in [0.29, 0.717) is 0 Å². The maximum Gasteiger partial charge on any atom is 0 e. The fourth-order valence-electron chi connectivity index (χ4n) is 0.722. The van der Waals surface area contributed by atoms with Crippen LogP contribution in [-0.2, 0) is 34.1 Å². The average molecular weight is 546 g/mol. The van der Waals surface area contributed by atoms with Crippen molar-refractivity contribution in [3.8, 4) is 0 Å². The first kappa shape index (κ1) is 29.6. The molecule has 0 aromatic heterocycles. The molecule has 4 aromatic rings. The van der Waals surface area contributed by atoms with E-state index in [0.717, 1.165) is 0 Å². The van der Waals surface area contributed by atoms with E-state index < -0.39 is 18.9 Å². The first-order chi connectivity index (χ1) is 11.4. The summed E-state index contributed by atoms with van der Waals surface area (Å²) in [6.45, 7) is 0. The molecule has 2 radical (unpaired) electrons. The van der Waals surface area contributed by atoms with Gasteiger partial charge in [0.15, 0.2) is 0 Å². The maximum absolute atomic E-state index is 4.93. The fourth-order valence-corrected chi connectivity index (χ4v) is 0.722. The molecule has 0 atom stereocenters. The van der Waals surface area contributed by atoms with Crippen molar-refractivity contribution in [2.75, 3.05) is 0 Å². The quantitative estimate of drug-likeness (QED) is 0.235. The summed E-state index contributed by atoms with van der Waals surface area (Å²) in [4.78, 5) is 0. The second-order valence-electron chi connectivity index (χ2n) is 2.80. The van der Waals surface area contributed by atoms with Gasteiger partial charge in [0.05, 0.1) is 0 Å². The van der Waals surface area contributed by atoms with E-state index >= 15 is 0 Å². The Bertz CT molecular complexity index is 371. The van der Waals surface area contributed by atoms with Gasteiger partial charge in [-0.05, 0) is 0 Å². The number of hydrogen-bond donors (Lipinski definition) is 0. The molecule has 4 aromatic carbocycles. The fraction of sp³-hybridized carbons (Fsp3) is 0. The van der Waals surface area contributed by atoms with Gasteiger partial charge in [0.2, 0.25) is 0 Å². The van der Waals surface area contributed by atoms with Crippen molar-refractivity contribution in [3.05, 3.63) is 121 Å². The zero-order valence-electron chi connectivity index (χ0n) is 12.3. The SMILES string of the molecule is [Cl][Sn][Cl].[Fe].[Fe].[c-]1[c-][c-][cH-][c-]1.[c-]1[c-][c-][cH-][c-]1.[c-]1[c-][c-][cH-][c-]1.[c-]1[c-][c-][cH-][c-]1. The largest absolute Gasteiger partial charge is 0.999 e. The van der Waals surface area contributed by atoms with Gasteiger partial charge in [0.1, 0.15) is 0 Å². The smallest absolute Gasteiger partial charge is 0 e. The van der Waals surface area contributed by atoms with Crippen LogP contribution >= 0.6 is 17.8 Å². The monoisotopic (exact) mass is 546 g/mol. The topological polar surface area (TPSA) is 0 Å². The van der Waals surface area contributed by atoms with Crippen LogP contribution in [0.2, 0.25) is 0 Å². The first-order valence-corrected chi connectivity index (χ1v) is 12.9. The molecule has 0 aliphatic rings. The van der Waals surface area contributed by atoms with Crippen LogP contribution in [0.15, 0.2) is 24.3 Å². The Morgan fingerprint density at radius 3 is 0.560 bits per heavy atom. The molecule has 0 saturated heterocycles. The number of halogens is 2. The van der Waals surface area contributed by atoms with Gasteiger partial charge in [-0.1, -0.05) is 0 Å². The van der Waals surface area contributed by atoms with Crippen LogP contribution in [0.4, 0.5) is 0 Å². The molecule has 25 heavy (non-hydrogen) atoms. The van der Waals surface area contributed by atoms with Crippen molar-refractivity contribution in [3.63, 3.8) is 0 Å². The van der Waals surface area contributed by atoms with E-state index in [1.54, 1.807) is 24.3 Å². The van der Waals surface area contributed by atoms with Crippen LogP contribution < -0.4 is 0 Å². The summed E-state index contributed by atoms with van der Waals surface area (Å²) in [5.41, 5.74) is 0. The van der Waals surface area contributed by atoms with Crippen LogP contribution in [0, 0.1) is 97.1 Å². The zero-order chi connectivity index (χ0) is 16.8. The van der Waals surface area contributed by atoms with E-state index in [-0.39, 0.29) is 34.1 Å². The van der Waals surface area contributed by atoms with Gasteiger partial charge in [0.25, 0.3) is 0 Å². The van der Waals surface area contributed by atoms with E-state index in [2.05, 4.69) is 97.1 Å². The summed E-state index contributed by atoms with van der Waals surface area (Å²) >= 11 is -0.826. The van der Waals surface area contributed by atoms with Crippen LogP contribution in [0.5, 0.6) is 0 Å². The van der Waals surface area contributed by atoms with E-state index in [1.165, 1.54) is 0 Å². The van der Waals surface area contributed by atoms with Gasteiger partial charge in [-0.3, -0.25) is 0 Å². The minimum Gasteiger partial charge on any atom is -0.999 e. The van der Waals surface area contributed by atoms with Gasteiger partial charge in [-0.2, -0.15) is 0 Å². The van der Waals surface area contributed by atoms with Crippen LogP contribution in [0.1, 0.15) is 0 Å². The van der Waals surface area contributed by atoms with Crippen molar-refractivity contribution >= 4 is 36.7 Å². The predicted octanol–water partition coefficient (Wildman–Crippen LogP) is 3.42. The van der Waals surface area contributed by atoms with Crippen LogP contribution in [-0.4, -0.2) is 18.9 Å².